The van der Waals surface area contributed by atoms with Crippen LogP contribution in [0.4, 0.5) is 0 Å². The molecule has 0 atom stereocenters. The lowest BCUT2D eigenvalue weighted by atomic mass is 10.2. The maximum atomic E-state index is 13.6. The van der Waals surface area contributed by atoms with Gasteiger partial charge in [-0.05, 0) is 12.8 Å². The van der Waals surface area contributed by atoms with Gasteiger partial charge in [0.25, 0.3) is 0 Å². The average molecular weight is 365 g/mol. The third-order valence-corrected chi connectivity index (χ3v) is 7.47. The van der Waals surface area contributed by atoms with Crippen LogP contribution in [0.1, 0.15) is 25.7 Å². The van der Waals surface area contributed by atoms with E-state index in [4.69, 9.17) is 0 Å². The molecule has 0 aliphatic rings. The molecule has 21 heavy (non-hydrogen) atoms. The summed E-state index contributed by atoms with van der Waals surface area (Å²) in [5, 5.41) is 3.02. The quantitative estimate of drug-likeness (QED) is 0.367. The minimum atomic E-state index is -2.48. The fourth-order valence-electron chi connectivity index (χ4n) is 2.53. The summed E-state index contributed by atoms with van der Waals surface area (Å²) in [5.74, 6) is 0. The molecule has 0 aromatic heterocycles. The molecule has 0 aliphatic carbocycles. The van der Waals surface area contributed by atoms with Crippen LogP contribution in [0.5, 0.6) is 0 Å². The number of alkyl halides is 1. The highest BCUT2D eigenvalue weighted by Gasteiger charge is 2.26. The molecule has 0 saturated carbocycles. The van der Waals surface area contributed by atoms with E-state index in [9.17, 15) is 4.57 Å². The van der Waals surface area contributed by atoms with Crippen molar-refractivity contribution in [2.45, 2.75) is 25.7 Å². The van der Waals surface area contributed by atoms with E-state index in [2.05, 4.69) is 15.9 Å². The number of halogens is 1. The van der Waals surface area contributed by atoms with E-state index in [1.807, 2.05) is 60.7 Å². The summed E-state index contributed by atoms with van der Waals surface area (Å²) >= 11 is 3.46. The molecule has 0 heterocycles. The zero-order chi connectivity index (χ0) is 15.0. The van der Waals surface area contributed by atoms with Gasteiger partial charge in [-0.2, -0.15) is 0 Å². The maximum absolute atomic E-state index is 13.6. The van der Waals surface area contributed by atoms with Gasteiger partial charge in [-0.3, -0.25) is 0 Å². The molecular formula is C18H22BrOP. The topological polar surface area (TPSA) is 17.1 Å². The summed E-state index contributed by atoms with van der Waals surface area (Å²) in [6.45, 7) is 0. The summed E-state index contributed by atoms with van der Waals surface area (Å²) < 4.78 is 13.6. The van der Waals surface area contributed by atoms with Crippen LogP contribution in [0.25, 0.3) is 0 Å². The molecule has 2 aromatic rings. The van der Waals surface area contributed by atoms with Crippen molar-refractivity contribution >= 4 is 33.7 Å². The van der Waals surface area contributed by atoms with Gasteiger partial charge in [-0.1, -0.05) is 89.4 Å². The largest absolute Gasteiger partial charge is 0.314 e. The molecule has 0 fully saturated rings. The number of hydrogen-bond donors (Lipinski definition) is 0. The van der Waals surface area contributed by atoms with Crippen molar-refractivity contribution in [3.63, 3.8) is 0 Å². The average Bonchev–Trinajstić information content (AvgIpc) is 2.56. The molecular weight excluding hydrogens is 343 g/mol. The van der Waals surface area contributed by atoms with Crippen LogP contribution < -0.4 is 10.6 Å². The van der Waals surface area contributed by atoms with E-state index in [0.29, 0.717) is 0 Å². The normalized spacial score (nSPS) is 11.5. The fourth-order valence-corrected chi connectivity index (χ4v) is 5.71. The van der Waals surface area contributed by atoms with Crippen LogP contribution >= 0.6 is 23.1 Å². The van der Waals surface area contributed by atoms with Gasteiger partial charge >= 0.3 is 0 Å². The van der Waals surface area contributed by atoms with Gasteiger partial charge in [0.05, 0.1) is 0 Å². The van der Waals surface area contributed by atoms with Crippen molar-refractivity contribution < 1.29 is 4.57 Å². The minimum Gasteiger partial charge on any atom is -0.314 e. The van der Waals surface area contributed by atoms with Gasteiger partial charge < -0.3 is 4.57 Å². The van der Waals surface area contributed by atoms with Gasteiger partial charge in [0, 0.05) is 22.1 Å². The summed E-state index contributed by atoms with van der Waals surface area (Å²) in [7, 11) is -2.48. The lowest BCUT2D eigenvalue weighted by Gasteiger charge is -2.19. The smallest absolute Gasteiger partial charge is 0.143 e. The van der Waals surface area contributed by atoms with Crippen molar-refractivity contribution in [2.75, 3.05) is 11.5 Å². The number of unbranched alkanes of at least 4 members (excludes halogenated alkanes) is 3. The predicted octanol–water partition coefficient (Wildman–Crippen LogP) is 4.96. The molecule has 0 bridgehead atoms. The van der Waals surface area contributed by atoms with Gasteiger partial charge in [0.2, 0.25) is 0 Å². The summed E-state index contributed by atoms with van der Waals surface area (Å²) in [5.41, 5.74) is 0. The summed E-state index contributed by atoms with van der Waals surface area (Å²) in [4.78, 5) is 0. The summed E-state index contributed by atoms with van der Waals surface area (Å²) in [6, 6.07) is 19.9. The lowest BCUT2D eigenvalue weighted by Crippen LogP contribution is -2.18. The Kier molecular flexibility index (Phi) is 6.73. The van der Waals surface area contributed by atoms with Crippen molar-refractivity contribution in [3.05, 3.63) is 60.7 Å². The first-order valence-corrected chi connectivity index (χ1v) is 10.5. The predicted molar refractivity (Wildman–Crippen MR) is 96.9 cm³/mol. The molecule has 1 nitrogen and oxygen atoms in total. The second-order valence-electron chi connectivity index (χ2n) is 5.24. The van der Waals surface area contributed by atoms with Gasteiger partial charge in [0.15, 0.2) is 0 Å². The van der Waals surface area contributed by atoms with Crippen LogP contribution in [0, 0.1) is 0 Å². The molecule has 0 unspecified atom stereocenters. The Bertz CT molecular complexity index is 525. The number of rotatable bonds is 8. The maximum Gasteiger partial charge on any atom is 0.143 e. The van der Waals surface area contributed by atoms with Crippen LogP contribution in [-0.2, 0) is 4.57 Å². The van der Waals surface area contributed by atoms with Crippen molar-refractivity contribution in [1.82, 2.24) is 0 Å². The highest BCUT2D eigenvalue weighted by atomic mass is 79.9. The first kappa shape index (κ1) is 16.5. The molecule has 0 aliphatic heterocycles. The Morgan fingerprint density at radius 3 is 1.67 bits per heavy atom. The van der Waals surface area contributed by atoms with E-state index >= 15 is 0 Å². The monoisotopic (exact) mass is 364 g/mol. The van der Waals surface area contributed by atoms with Crippen LogP contribution in [0.2, 0.25) is 0 Å². The highest BCUT2D eigenvalue weighted by molar-refractivity contribution is 9.09. The zero-order valence-corrected chi connectivity index (χ0v) is 14.7. The van der Waals surface area contributed by atoms with Gasteiger partial charge in [-0.25, -0.2) is 0 Å². The lowest BCUT2D eigenvalue weighted by molar-refractivity contribution is 0.583. The van der Waals surface area contributed by atoms with E-state index in [1.54, 1.807) is 0 Å². The molecule has 112 valence electrons. The van der Waals surface area contributed by atoms with Crippen LogP contribution in [-0.4, -0.2) is 11.5 Å². The minimum absolute atomic E-state index is 0.767. The second-order valence-corrected chi connectivity index (χ2v) is 8.99. The van der Waals surface area contributed by atoms with Crippen LogP contribution in [0.3, 0.4) is 0 Å². The Hall–Kier alpha value is -0.850. The van der Waals surface area contributed by atoms with Crippen molar-refractivity contribution in [3.8, 4) is 0 Å². The molecule has 3 heteroatoms. The Labute approximate surface area is 136 Å². The molecule has 0 radical (unpaired) electrons. The van der Waals surface area contributed by atoms with Crippen molar-refractivity contribution in [1.29, 1.82) is 0 Å². The first-order chi connectivity index (χ1) is 10.3. The third-order valence-electron chi connectivity index (χ3n) is 3.70. The highest BCUT2D eigenvalue weighted by Crippen LogP contribution is 2.44. The van der Waals surface area contributed by atoms with E-state index < -0.39 is 7.14 Å². The standard InChI is InChI=1S/C18H22BrOP/c19-15-9-1-2-10-16-21(20,17-11-5-3-6-12-17)18-13-7-4-8-14-18/h3-8,11-14H,1-2,9-10,15-16H2. The molecule has 0 N–H and O–H groups in total. The number of hydrogen-bond acceptors (Lipinski definition) is 1. The third kappa shape index (κ3) is 4.56. The SMILES string of the molecule is O=P(CCCCCCBr)(c1ccccc1)c1ccccc1. The summed E-state index contributed by atoms with van der Waals surface area (Å²) in [6.07, 6.45) is 5.34. The number of benzene rings is 2. The first-order valence-electron chi connectivity index (χ1n) is 7.53. The van der Waals surface area contributed by atoms with Crippen LogP contribution in [0.15, 0.2) is 60.7 Å². The Balaban J connectivity index is 2.18. The van der Waals surface area contributed by atoms with E-state index in [-0.39, 0.29) is 0 Å². The fraction of sp³-hybridized carbons (Fsp3) is 0.333. The molecule has 0 amide bonds. The second kappa shape index (κ2) is 8.56. The van der Waals surface area contributed by atoms with E-state index in [0.717, 1.165) is 34.9 Å². The zero-order valence-electron chi connectivity index (χ0n) is 12.2. The molecule has 0 spiro atoms. The molecule has 2 rings (SSSR count). The molecule has 2 aromatic carbocycles. The Morgan fingerprint density at radius 2 is 1.19 bits per heavy atom. The van der Waals surface area contributed by atoms with Crippen molar-refractivity contribution in [2.24, 2.45) is 0 Å². The Morgan fingerprint density at radius 1 is 0.714 bits per heavy atom. The van der Waals surface area contributed by atoms with Gasteiger partial charge in [0.1, 0.15) is 7.14 Å². The van der Waals surface area contributed by atoms with Gasteiger partial charge in [-0.15, -0.1) is 0 Å². The molecule has 0 saturated heterocycles. The van der Waals surface area contributed by atoms with E-state index in [1.165, 1.54) is 12.8 Å².